The molecular weight excluding hydrogens is 346 g/mol. The van der Waals surface area contributed by atoms with Gasteiger partial charge in [-0.15, -0.1) is 0 Å². The highest BCUT2D eigenvalue weighted by Gasteiger charge is 2.20. The van der Waals surface area contributed by atoms with Crippen LogP contribution in [0.5, 0.6) is 5.75 Å². The Morgan fingerprint density at radius 2 is 1.93 bits per heavy atom. The van der Waals surface area contributed by atoms with Crippen molar-refractivity contribution in [2.24, 2.45) is 0 Å². The first-order chi connectivity index (χ1) is 13.9. The zero-order chi connectivity index (χ0) is 18.8. The lowest BCUT2D eigenvalue weighted by molar-refractivity contribution is 0.239. The molecular formula is C24H23N3O. The van der Waals surface area contributed by atoms with Gasteiger partial charge in [-0.05, 0) is 46.9 Å². The predicted molar refractivity (Wildman–Crippen MR) is 111 cm³/mol. The van der Waals surface area contributed by atoms with E-state index in [4.69, 9.17) is 4.74 Å². The topological polar surface area (TPSA) is 41.1 Å². The molecule has 0 saturated carbocycles. The molecule has 4 heteroatoms. The number of hydrogen-bond donors (Lipinski definition) is 1. The van der Waals surface area contributed by atoms with Gasteiger partial charge in [-0.3, -0.25) is 4.90 Å². The van der Waals surface area contributed by atoms with Crippen molar-refractivity contribution in [3.63, 3.8) is 0 Å². The number of fused-ring (bicyclic) bond motifs is 2. The number of hydrogen-bond acceptors (Lipinski definition) is 3. The van der Waals surface area contributed by atoms with Crippen LogP contribution < -0.4 is 4.74 Å². The van der Waals surface area contributed by atoms with Crippen LogP contribution in [0.3, 0.4) is 0 Å². The van der Waals surface area contributed by atoms with Crippen LogP contribution in [0.2, 0.25) is 0 Å². The fourth-order valence-electron chi connectivity index (χ4n) is 4.02. The number of ether oxygens (including phenoxy) is 1. The quantitative estimate of drug-likeness (QED) is 0.554. The van der Waals surface area contributed by atoms with Crippen LogP contribution in [-0.4, -0.2) is 21.4 Å². The van der Waals surface area contributed by atoms with Gasteiger partial charge < -0.3 is 9.72 Å². The molecule has 2 aromatic carbocycles. The average Bonchev–Trinajstić information content (AvgIpc) is 3.16. The summed E-state index contributed by atoms with van der Waals surface area (Å²) in [6.45, 7) is 3.53. The van der Waals surface area contributed by atoms with Crippen LogP contribution in [0.15, 0.2) is 73.1 Å². The fourth-order valence-corrected chi connectivity index (χ4v) is 4.02. The standard InChI is InChI=1S/C24H23N3O/c1-2-6-18(7-3-1)17-28-23-10-4-8-19-15-27(13-11-21(19)23)16-20-14-26-24-22(20)9-5-12-25-24/h1-10,12,14H,11,13,15-17H2,(H,25,26). The Labute approximate surface area is 164 Å². The molecule has 0 fully saturated rings. The maximum Gasteiger partial charge on any atom is 0.137 e. The second-order valence-corrected chi connectivity index (χ2v) is 7.34. The number of benzene rings is 2. The lowest BCUT2D eigenvalue weighted by Crippen LogP contribution is -2.30. The Balaban J connectivity index is 1.31. The van der Waals surface area contributed by atoms with E-state index in [2.05, 4.69) is 69.6 Å². The number of rotatable bonds is 5. The predicted octanol–water partition coefficient (Wildman–Crippen LogP) is 4.70. The molecule has 0 unspecified atom stereocenters. The highest BCUT2D eigenvalue weighted by molar-refractivity contribution is 5.79. The van der Waals surface area contributed by atoms with E-state index in [1.165, 1.54) is 27.6 Å². The molecule has 4 aromatic rings. The monoisotopic (exact) mass is 369 g/mol. The number of aromatic nitrogens is 2. The third kappa shape index (κ3) is 3.39. The normalized spacial score (nSPS) is 14.1. The van der Waals surface area contributed by atoms with Crippen molar-refractivity contribution in [1.29, 1.82) is 0 Å². The van der Waals surface area contributed by atoms with Crippen LogP contribution >= 0.6 is 0 Å². The summed E-state index contributed by atoms with van der Waals surface area (Å²) in [6, 6.07) is 20.9. The summed E-state index contributed by atoms with van der Waals surface area (Å²) in [7, 11) is 0. The maximum absolute atomic E-state index is 6.16. The van der Waals surface area contributed by atoms with E-state index in [9.17, 15) is 0 Å². The summed E-state index contributed by atoms with van der Waals surface area (Å²) in [5.74, 6) is 1.03. The van der Waals surface area contributed by atoms with Crippen molar-refractivity contribution in [3.8, 4) is 5.75 Å². The summed E-state index contributed by atoms with van der Waals surface area (Å²) in [6.07, 6.45) is 4.93. The highest BCUT2D eigenvalue weighted by atomic mass is 16.5. The summed E-state index contributed by atoms with van der Waals surface area (Å²) in [5.41, 5.74) is 6.20. The van der Waals surface area contributed by atoms with Crippen LogP contribution in [0, 0.1) is 0 Å². The van der Waals surface area contributed by atoms with E-state index >= 15 is 0 Å². The minimum absolute atomic E-state index is 0.614. The fraction of sp³-hybridized carbons (Fsp3) is 0.208. The molecule has 0 bridgehead atoms. The number of pyridine rings is 1. The SMILES string of the molecule is c1ccc(COc2cccc3c2CCN(Cc2c[nH]c4ncccc24)C3)cc1. The summed E-state index contributed by atoms with van der Waals surface area (Å²) >= 11 is 0. The molecule has 1 N–H and O–H groups in total. The van der Waals surface area contributed by atoms with Gasteiger partial charge >= 0.3 is 0 Å². The lowest BCUT2D eigenvalue weighted by atomic mass is 9.98. The molecule has 140 valence electrons. The van der Waals surface area contributed by atoms with Gasteiger partial charge in [-0.1, -0.05) is 42.5 Å². The van der Waals surface area contributed by atoms with Gasteiger partial charge in [0.15, 0.2) is 0 Å². The van der Waals surface area contributed by atoms with E-state index in [0.717, 1.165) is 37.5 Å². The molecule has 0 radical (unpaired) electrons. The first kappa shape index (κ1) is 17.0. The van der Waals surface area contributed by atoms with Gasteiger partial charge in [-0.2, -0.15) is 0 Å². The van der Waals surface area contributed by atoms with Crippen molar-refractivity contribution in [2.75, 3.05) is 6.54 Å². The molecule has 4 nitrogen and oxygen atoms in total. The molecule has 28 heavy (non-hydrogen) atoms. The molecule has 5 rings (SSSR count). The summed E-state index contributed by atoms with van der Waals surface area (Å²) < 4.78 is 6.16. The first-order valence-electron chi connectivity index (χ1n) is 9.77. The molecule has 3 heterocycles. The second-order valence-electron chi connectivity index (χ2n) is 7.34. The maximum atomic E-state index is 6.16. The Morgan fingerprint density at radius 1 is 1.00 bits per heavy atom. The van der Waals surface area contributed by atoms with E-state index < -0.39 is 0 Å². The van der Waals surface area contributed by atoms with Crippen LogP contribution in [-0.2, 0) is 26.1 Å². The Morgan fingerprint density at radius 3 is 2.86 bits per heavy atom. The zero-order valence-electron chi connectivity index (χ0n) is 15.8. The van der Waals surface area contributed by atoms with Crippen molar-refractivity contribution in [3.05, 3.63) is 95.3 Å². The Bertz CT molecular complexity index is 1090. The van der Waals surface area contributed by atoms with E-state index in [1.54, 1.807) is 0 Å². The Hall–Kier alpha value is -3.11. The zero-order valence-corrected chi connectivity index (χ0v) is 15.8. The number of H-pyrrole nitrogens is 1. The largest absolute Gasteiger partial charge is 0.489 e. The van der Waals surface area contributed by atoms with Crippen LogP contribution in [0.1, 0.15) is 22.3 Å². The third-order valence-electron chi connectivity index (χ3n) is 5.47. The van der Waals surface area contributed by atoms with Gasteiger partial charge in [0, 0.05) is 37.4 Å². The van der Waals surface area contributed by atoms with Crippen molar-refractivity contribution in [1.82, 2.24) is 14.9 Å². The first-order valence-corrected chi connectivity index (χ1v) is 9.77. The second kappa shape index (κ2) is 7.49. The molecule has 0 atom stereocenters. The van der Waals surface area contributed by atoms with Gasteiger partial charge in [0.2, 0.25) is 0 Å². The van der Waals surface area contributed by atoms with Gasteiger partial charge in [0.1, 0.15) is 18.0 Å². The van der Waals surface area contributed by atoms with E-state index in [1.807, 2.05) is 18.3 Å². The van der Waals surface area contributed by atoms with Crippen molar-refractivity contribution >= 4 is 11.0 Å². The van der Waals surface area contributed by atoms with Crippen LogP contribution in [0.25, 0.3) is 11.0 Å². The van der Waals surface area contributed by atoms with Gasteiger partial charge in [0.05, 0.1) is 0 Å². The highest BCUT2D eigenvalue weighted by Crippen LogP contribution is 2.30. The molecule has 1 aliphatic rings. The molecule has 1 aliphatic heterocycles. The number of aromatic amines is 1. The number of nitrogens with zero attached hydrogens (tertiary/aromatic N) is 2. The number of nitrogens with one attached hydrogen (secondary N) is 1. The smallest absolute Gasteiger partial charge is 0.137 e. The van der Waals surface area contributed by atoms with Gasteiger partial charge in [-0.25, -0.2) is 4.98 Å². The lowest BCUT2D eigenvalue weighted by Gasteiger charge is -2.29. The third-order valence-corrected chi connectivity index (χ3v) is 5.47. The molecule has 0 spiro atoms. The Kier molecular flexibility index (Phi) is 4.55. The minimum atomic E-state index is 0.614. The summed E-state index contributed by atoms with van der Waals surface area (Å²) in [4.78, 5) is 10.2. The van der Waals surface area contributed by atoms with Crippen molar-refractivity contribution in [2.45, 2.75) is 26.1 Å². The van der Waals surface area contributed by atoms with E-state index in [-0.39, 0.29) is 0 Å². The molecule has 0 saturated heterocycles. The molecule has 2 aromatic heterocycles. The van der Waals surface area contributed by atoms with E-state index in [0.29, 0.717) is 6.61 Å². The molecule has 0 aliphatic carbocycles. The van der Waals surface area contributed by atoms with Crippen molar-refractivity contribution < 1.29 is 4.74 Å². The minimum Gasteiger partial charge on any atom is -0.489 e. The average molecular weight is 369 g/mol. The summed E-state index contributed by atoms with van der Waals surface area (Å²) in [5, 5.41) is 1.22. The molecule has 0 amide bonds. The van der Waals surface area contributed by atoms with Crippen LogP contribution in [0.4, 0.5) is 0 Å². The van der Waals surface area contributed by atoms with Gasteiger partial charge in [0.25, 0.3) is 0 Å².